The molecule has 0 saturated carbocycles. The third-order valence-electron chi connectivity index (χ3n) is 3.49. The van der Waals surface area contributed by atoms with Crippen molar-refractivity contribution < 1.29 is 37.9 Å². The van der Waals surface area contributed by atoms with E-state index in [1.807, 2.05) is 0 Å². The van der Waals surface area contributed by atoms with Crippen molar-refractivity contribution in [3.8, 4) is 0 Å². The third-order valence-corrected chi connectivity index (χ3v) is 3.49. The van der Waals surface area contributed by atoms with E-state index in [2.05, 4.69) is 20.5 Å². The maximum Gasteiger partial charge on any atom is 0.449 e. The molecule has 2 aromatic heterocycles. The molecule has 0 aliphatic carbocycles. The van der Waals surface area contributed by atoms with Crippen molar-refractivity contribution >= 4 is 25.6 Å². The third kappa shape index (κ3) is 4.70. The highest BCUT2D eigenvalue weighted by Crippen LogP contribution is 2.37. The highest BCUT2D eigenvalue weighted by atomic mass is 31.2. The quantitative estimate of drug-likeness (QED) is 0.283. The summed E-state index contributed by atoms with van der Waals surface area (Å²) in [6.45, 7) is -0.568. The zero-order chi connectivity index (χ0) is 20.5. The molecule has 0 spiro atoms. The fraction of sp³-hybridized carbons (Fsp3) is 0.545. The van der Waals surface area contributed by atoms with Crippen molar-refractivity contribution in [1.82, 2.24) is 19.5 Å². The molecule has 1 aliphatic rings. The second-order valence-corrected chi connectivity index (χ2v) is 6.00. The molecule has 0 aromatic carbocycles. The maximum atomic E-state index is 13.2. The van der Waals surface area contributed by atoms with Gasteiger partial charge in [-0.2, -0.15) is 18.2 Å². The molecule has 3 atom stereocenters. The van der Waals surface area contributed by atoms with E-state index >= 15 is 0 Å². The van der Waals surface area contributed by atoms with Crippen molar-refractivity contribution in [3.63, 3.8) is 0 Å². The molecule has 0 bridgehead atoms. The number of ether oxygens (including phenoxy) is 1. The second kappa shape index (κ2) is 8.02. The van der Waals surface area contributed by atoms with Gasteiger partial charge < -0.3 is 30.5 Å². The van der Waals surface area contributed by atoms with E-state index in [4.69, 9.17) is 25.4 Å². The number of nitrogen functional groups attached to an aromatic ring is 1. The fourth-order valence-corrected chi connectivity index (χ4v) is 2.51. The monoisotopic (exact) mass is 416 g/mol. The zero-order valence-corrected chi connectivity index (χ0v) is 14.2. The van der Waals surface area contributed by atoms with Crippen LogP contribution in [0.2, 0.25) is 0 Å². The highest BCUT2D eigenvalue weighted by Gasteiger charge is 2.44. The lowest BCUT2D eigenvalue weighted by Gasteiger charge is -2.17. The summed E-state index contributed by atoms with van der Waals surface area (Å²) < 4.78 is 45.5. The first kappa shape index (κ1) is 21.4. The summed E-state index contributed by atoms with van der Waals surface area (Å²) >= 11 is 0. The number of nitrogens with zero attached hydrogens (tertiary/aromatic N) is 3. The number of aromatic amines is 1. The lowest BCUT2D eigenvalue weighted by atomic mass is 10.2. The van der Waals surface area contributed by atoms with E-state index in [0.29, 0.717) is 4.57 Å². The van der Waals surface area contributed by atoms with Gasteiger partial charge in [0, 0.05) is 6.42 Å². The summed E-state index contributed by atoms with van der Waals surface area (Å²) in [6, 6.07) is 0. The molecule has 0 radical (unpaired) electrons. The Morgan fingerprint density at radius 2 is 1.96 bits per heavy atom. The zero-order valence-electron chi connectivity index (χ0n) is 13.3. The molecular weight excluding hydrogens is 400 g/mol. The summed E-state index contributed by atoms with van der Waals surface area (Å²) in [5.41, 5.74) is 7.78. The van der Waals surface area contributed by atoms with Gasteiger partial charge in [0.1, 0.15) is 12.3 Å². The lowest BCUT2D eigenvalue weighted by Crippen LogP contribution is -2.24. The van der Waals surface area contributed by atoms with Crippen molar-refractivity contribution in [2.75, 3.05) is 12.3 Å². The number of hydrogen-bond donors (Lipinski definition) is 7. The molecule has 27 heavy (non-hydrogen) atoms. The smallest absolute Gasteiger partial charge is 0.394 e. The number of aliphatic hydroxyl groups is 2. The Hall–Kier alpha value is -1.87. The molecule has 3 heterocycles. The molecule has 3 rings (SSSR count). The number of imidazole rings is 1. The highest BCUT2D eigenvalue weighted by molar-refractivity contribution is 7.42. The van der Waals surface area contributed by atoms with Gasteiger partial charge in [-0.3, -0.25) is 19.8 Å². The van der Waals surface area contributed by atoms with Crippen LogP contribution in [0.3, 0.4) is 0 Å². The Labute approximate surface area is 149 Å². The molecular formula is C11H16F3N6O6P. The molecule has 0 amide bonds. The van der Waals surface area contributed by atoms with Crippen LogP contribution in [-0.2, 0) is 10.9 Å². The normalized spacial score (nSPS) is 22.9. The van der Waals surface area contributed by atoms with Gasteiger partial charge in [-0.1, -0.05) is 0 Å². The number of anilines is 1. The van der Waals surface area contributed by atoms with E-state index < -0.39 is 62.3 Å². The van der Waals surface area contributed by atoms with Gasteiger partial charge >= 0.3 is 6.18 Å². The minimum absolute atomic E-state index is 0.228. The molecule has 152 valence electrons. The largest absolute Gasteiger partial charge is 0.449 e. The Bertz CT molecular complexity index is 855. The van der Waals surface area contributed by atoms with Crippen LogP contribution in [0.1, 0.15) is 18.5 Å². The van der Waals surface area contributed by atoms with Crippen LogP contribution in [0.25, 0.3) is 11.2 Å². The van der Waals surface area contributed by atoms with Gasteiger partial charge in [0.25, 0.3) is 5.56 Å². The number of aromatic nitrogens is 4. The van der Waals surface area contributed by atoms with E-state index in [1.54, 1.807) is 0 Å². The van der Waals surface area contributed by atoms with Gasteiger partial charge in [-0.05, 0) is 0 Å². The topological polar surface area (TPSA) is 206 Å². The molecule has 9 N–H and O–H groups in total. The Morgan fingerprint density at radius 1 is 1.37 bits per heavy atom. The number of nitrogens with one attached hydrogen (secondary N) is 1. The number of alkyl halides is 3. The molecule has 1 aliphatic heterocycles. The number of fused-ring (bicyclic) bond motifs is 1. The molecule has 12 nitrogen and oxygen atoms in total. The van der Waals surface area contributed by atoms with Gasteiger partial charge in [-0.15, -0.1) is 0 Å². The molecule has 1 saturated heterocycles. The average molecular weight is 416 g/mol. The van der Waals surface area contributed by atoms with Crippen LogP contribution in [0, 0.1) is 0 Å². The summed E-state index contributed by atoms with van der Waals surface area (Å²) in [7, 11) is -2.12. The summed E-state index contributed by atoms with van der Waals surface area (Å²) in [4.78, 5) is 35.7. The van der Waals surface area contributed by atoms with Crippen molar-refractivity contribution in [2.45, 2.75) is 31.0 Å². The minimum Gasteiger partial charge on any atom is -0.394 e. The van der Waals surface area contributed by atoms with Crippen LogP contribution in [0.15, 0.2) is 4.79 Å². The minimum atomic E-state index is -4.88. The van der Waals surface area contributed by atoms with Crippen LogP contribution >= 0.6 is 8.53 Å². The first-order valence-electron chi connectivity index (χ1n) is 7.17. The number of H-pyrrole nitrogens is 1. The summed E-state index contributed by atoms with van der Waals surface area (Å²) in [6.07, 6.45) is -8.61. The first-order chi connectivity index (χ1) is 12.5. The van der Waals surface area contributed by atoms with E-state index in [-0.39, 0.29) is 12.4 Å². The standard InChI is InChI=1S/C11H12F3N5O4.H4NO2P/c12-11(13,14)9-16-6-7(17-10(15)18-8(6)22)19(9)5-1-3(21)4(2-20)23-5;1-4(2)3/h3-5,20-21H,1-2H2,(H3,15,17,18,22);2-3H,1H2/t3-,4+,5+;/m0./s1. The SMILES string of the molecule is NP(O)O.Nc1nc2c(nc(C(F)(F)F)n2[C@H]2C[C@H](O)[C@@H](CO)O2)c(=O)[nH]1. The van der Waals surface area contributed by atoms with Crippen molar-refractivity contribution in [1.29, 1.82) is 0 Å². The molecule has 1 fully saturated rings. The lowest BCUT2D eigenvalue weighted by molar-refractivity contribution is -0.152. The number of rotatable bonds is 2. The number of aliphatic hydroxyl groups excluding tert-OH is 2. The Kier molecular flexibility index (Phi) is 6.36. The van der Waals surface area contributed by atoms with Crippen molar-refractivity contribution in [2.24, 2.45) is 5.50 Å². The van der Waals surface area contributed by atoms with Crippen LogP contribution < -0.4 is 16.8 Å². The molecule has 2 aromatic rings. The maximum absolute atomic E-state index is 13.2. The van der Waals surface area contributed by atoms with Gasteiger partial charge in [0.05, 0.1) is 12.7 Å². The Balaban J connectivity index is 0.000000596. The number of nitrogens with two attached hydrogens (primary N) is 2. The molecule has 0 unspecified atom stereocenters. The van der Waals surface area contributed by atoms with Gasteiger partial charge in [0.15, 0.2) is 11.2 Å². The van der Waals surface area contributed by atoms with Crippen LogP contribution in [0.5, 0.6) is 0 Å². The predicted molar refractivity (Wildman–Crippen MR) is 84.7 cm³/mol. The fourth-order valence-electron chi connectivity index (χ4n) is 2.51. The van der Waals surface area contributed by atoms with E-state index in [9.17, 15) is 23.1 Å². The Morgan fingerprint density at radius 3 is 2.44 bits per heavy atom. The van der Waals surface area contributed by atoms with Crippen LogP contribution in [0.4, 0.5) is 19.1 Å². The second-order valence-electron chi connectivity index (χ2n) is 5.36. The van der Waals surface area contributed by atoms with Gasteiger partial charge in [-0.25, -0.2) is 4.98 Å². The van der Waals surface area contributed by atoms with E-state index in [1.165, 1.54) is 0 Å². The number of hydrogen-bond acceptors (Lipinski definition) is 10. The summed E-state index contributed by atoms with van der Waals surface area (Å²) in [5.74, 6) is -1.78. The summed E-state index contributed by atoms with van der Waals surface area (Å²) in [5, 5.41) is 18.8. The first-order valence-corrected chi connectivity index (χ1v) is 8.49. The average Bonchev–Trinajstić information content (AvgIpc) is 3.06. The van der Waals surface area contributed by atoms with Crippen molar-refractivity contribution in [3.05, 3.63) is 16.2 Å². The van der Waals surface area contributed by atoms with Crippen LogP contribution in [-0.4, -0.2) is 58.3 Å². The van der Waals surface area contributed by atoms with Gasteiger partial charge in [0.2, 0.25) is 20.3 Å². The predicted octanol–water partition coefficient (Wildman–Crippen LogP) is -1.48. The molecule has 16 heteroatoms. The number of halogens is 3. The van der Waals surface area contributed by atoms with E-state index in [0.717, 1.165) is 0 Å².